The highest BCUT2D eigenvalue weighted by atomic mass is 32.2. The maximum Gasteiger partial charge on any atom is 0.230 e. The van der Waals surface area contributed by atoms with Gasteiger partial charge in [0, 0.05) is 32.6 Å². The Morgan fingerprint density at radius 3 is 3.06 bits per heavy atom. The van der Waals surface area contributed by atoms with Gasteiger partial charge in [-0.3, -0.25) is 4.79 Å². The van der Waals surface area contributed by atoms with Gasteiger partial charge in [0.2, 0.25) is 5.91 Å². The van der Waals surface area contributed by atoms with Crippen LogP contribution in [0.1, 0.15) is 6.92 Å². The summed E-state index contributed by atoms with van der Waals surface area (Å²) in [6.07, 6.45) is 3.57. The van der Waals surface area contributed by atoms with Gasteiger partial charge in [-0.15, -0.1) is 0 Å². The summed E-state index contributed by atoms with van der Waals surface area (Å²) in [4.78, 5) is 15.6. The molecule has 0 aliphatic heterocycles. The van der Waals surface area contributed by atoms with Crippen molar-refractivity contribution in [3.63, 3.8) is 0 Å². The molecule has 0 fully saturated rings. The van der Waals surface area contributed by atoms with Crippen molar-refractivity contribution in [3.05, 3.63) is 12.4 Å². The van der Waals surface area contributed by atoms with E-state index in [4.69, 9.17) is 4.74 Å². The second-order valence-corrected chi connectivity index (χ2v) is 4.48. The molecule has 1 amide bonds. The molecule has 90 valence electrons. The maximum atomic E-state index is 11.5. The zero-order valence-corrected chi connectivity index (χ0v) is 10.6. The van der Waals surface area contributed by atoms with Gasteiger partial charge in [-0.2, -0.15) is 0 Å². The van der Waals surface area contributed by atoms with Crippen LogP contribution in [0, 0.1) is 0 Å². The second-order valence-electron chi connectivity index (χ2n) is 3.53. The molecule has 0 aliphatic rings. The third kappa shape index (κ3) is 4.24. The zero-order valence-electron chi connectivity index (χ0n) is 9.77. The smallest absolute Gasteiger partial charge is 0.230 e. The Kier molecular flexibility index (Phi) is 5.34. The molecule has 0 bridgehead atoms. The van der Waals surface area contributed by atoms with Gasteiger partial charge in [-0.05, 0) is 6.92 Å². The maximum absolute atomic E-state index is 11.5. The minimum Gasteiger partial charge on any atom is -0.383 e. The summed E-state index contributed by atoms with van der Waals surface area (Å²) in [7, 11) is 3.52. The lowest BCUT2D eigenvalue weighted by Crippen LogP contribution is -2.36. The number of nitrogens with zero attached hydrogens (tertiary/aromatic N) is 2. The molecule has 0 saturated carbocycles. The number of aryl methyl sites for hydroxylation is 1. The molecule has 1 unspecified atom stereocenters. The number of ether oxygens (including phenoxy) is 1. The van der Waals surface area contributed by atoms with E-state index >= 15 is 0 Å². The average molecular weight is 243 g/mol. The summed E-state index contributed by atoms with van der Waals surface area (Å²) in [6, 6.07) is 0.0412. The van der Waals surface area contributed by atoms with E-state index in [1.807, 2.05) is 24.7 Å². The molecule has 6 heteroatoms. The minimum absolute atomic E-state index is 0.00227. The number of methoxy groups -OCH3 is 1. The number of rotatable bonds is 6. The van der Waals surface area contributed by atoms with Crippen LogP contribution in [0.4, 0.5) is 0 Å². The molecule has 0 aromatic carbocycles. The average Bonchev–Trinajstić information content (AvgIpc) is 2.61. The Morgan fingerprint density at radius 2 is 2.50 bits per heavy atom. The topological polar surface area (TPSA) is 56.1 Å². The van der Waals surface area contributed by atoms with Crippen LogP contribution >= 0.6 is 11.8 Å². The summed E-state index contributed by atoms with van der Waals surface area (Å²) >= 11 is 1.42. The first kappa shape index (κ1) is 13.1. The van der Waals surface area contributed by atoms with Gasteiger partial charge in [-0.1, -0.05) is 11.8 Å². The monoisotopic (exact) mass is 243 g/mol. The van der Waals surface area contributed by atoms with Gasteiger partial charge in [0.05, 0.1) is 12.4 Å². The molecule has 1 aromatic rings. The summed E-state index contributed by atoms with van der Waals surface area (Å²) in [5.41, 5.74) is 0. The molecular weight excluding hydrogens is 226 g/mol. The van der Waals surface area contributed by atoms with Crippen molar-refractivity contribution in [2.45, 2.75) is 18.1 Å². The zero-order chi connectivity index (χ0) is 12.0. The quantitative estimate of drug-likeness (QED) is 0.746. The lowest BCUT2D eigenvalue weighted by atomic mass is 10.3. The highest BCUT2D eigenvalue weighted by molar-refractivity contribution is 7.99. The van der Waals surface area contributed by atoms with Crippen LogP contribution in [-0.4, -0.2) is 41.0 Å². The summed E-state index contributed by atoms with van der Waals surface area (Å²) in [5.74, 6) is 0.372. The van der Waals surface area contributed by atoms with E-state index in [2.05, 4.69) is 10.3 Å². The molecule has 16 heavy (non-hydrogen) atoms. The lowest BCUT2D eigenvalue weighted by molar-refractivity contribution is -0.119. The predicted octanol–water partition coefficient (Wildman–Crippen LogP) is 0.663. The lowest BCUT2D eigenvalue weighted by Gasteiger charge is -2.12. The molecule has 1 heterocycles. The molecule has 0 spiro atoms. The molecule has 0 aliphatic carbocycles. The van der Waals surface area contributed by atoms with Crippen LogP contribution in [0.25, 0.3) is 0 Å². The van der Waals surface area contributed by atoms with Gasteiger partial charge in [0.25, 0.3) is 0 Å². The normalized spacial score (nSPS) is 12.4. The highest BCUT2D eigenvalue weighted by Crippen LogP contribution is 2.13. The number of amides is 1. The van der Waals surface area contributed by atoms with Gasteiger partial charge in [0.15, 0.2) is 5.16 Å². The first-order valence-electron chi connectivity index (χ1n) is 5.02. The van der Waals surface area contributed by atoms with Crippen LogP contribution in [-0.2, 0) is 16.6 Å². The molecule has 1 rings (SSSR count). The molecule has 5 nitrogen and oxygen atoms in total. The Balaban J connectivity index is 2.28. The molecular formula is C10H17N3O2S. The van der Waals surface area contributed by atoms with E-state index in [0.717, 1.165) is 5.16 Å². The first-order chi connectivity index (χ1) is 7.63. The molecule has 0 radical (unpaired) electrons. The first-order valence-corrected chi connectivity index (χ1v) is 6.00. The number of aromatic nitrogens is 2. The molecule has 1 aromatic heterocycles. The largest absolute Gasteiger partial charge is 0.383 e. The number of carbonyl (C=O) groups excluding carboxylic acids is 1. The van der Waals surface area contributed by atoms with Gasteiger partial charge >= 0.3 is 0 Å². The second kappa shape index (κ2) is 6.55. The number of carbonyl (C=O) groups is 1. The van der Waals surface area contributed by atoms with E-state index in [9.17, 15) is 4.79 Å². The highest BCUT2D eigenvalue weighted by Gasteiger charge is 2.08. The van der Waals surface area contributed by atoms with Crippen molar-refractivity contribution >= 4 is 17.7 Å². The fourth-order valence-electron chi connectivity index (χ4n) is 1.23. The van der Waals surface area contributed by atoms with Crippen LogP contribution in [0.5, 0.6) is 0 Å². The summed E-state index contributed by atoms with van der Waals surface area (Å²) < 4.78 is 6.82. The SMILES string of the molecule is COCC(C)NC(=O)CSc1nccn1C. The fraction of sp³-hybridized carbons (Fsp3) is 0.600. The number of imidazole rings is 1. The van der Waals surface area contributed by atoms with E-state index in [1.54, 1.807) is 13.3 Å². The Hall–Kier alpha value is -1.01. The van der Waals surface area contributed by atoms with Crippen molar-refractivity contribution in [2.75, 3.05) is 19.5 Å². The Labute approximate surface area is 99.6 Å². The molecule has 1 N–H and O–H groups in total. The Bertz CT molecular complexity index is 341. The number of hydrogen-bond donors (Lipinski definition) is 1. The standard InChI is InChI=1S/C10H17N3O2S/c1-8(6-15-3)12-9(14)7-16-10-11-4-5-13(10)2/h4-5,8H,6-7H2,1-3H3,(H,12,14). The van der Waals surface area contributed by atoms with Crippen LogP contribution in [0.2, 0.25) is 0 Å². The van der Waals surface area contributed by atoms with Gasteiger partial charge < -0.3 is 14.6 Å². The van der Waals surface area contributed by atoms with Gasteiger partial charge in [-0.25, -0.2) is 4.98 Å². The van der Waals surface area contributed by atoms with E-state index < -0.39 is 0 Å². The van der Waals surface area contributed by atoms with E-state index in [0.29, 0.717) is 12.4 Å². The van der Waals surface area contributed by atoms with Crippen molar-refractivity contribution < 1.29 is 9.53 Å². The van der Waals surface area contributed by atoms with Crippen LogP contribution in [0.3, 0.4) is 0 Å². The van der Waals surface area contributed by atoms with Crippen molar-refractivity contribution in [2.24, 2.45) is 7.05 Å². The Morgan fingerprint density at radius 1 is 1.75 bits per heavy atom. The third-order valence-corrected chi connectivity index (χ3v) is 2.99. The summed E-state index contributed by atoms with van der Waals surface area (Å²) in [5, 5.41) is 3.68. The van der Waals surface area contributed by atoms with Crippen molar-refractivity contribution in [1.82, 2.24) is 14.9 Å². The predicted molar refractivity (Wildman–Crippen MR) is 63.4 cm³/mol. The number of nitrogens with one attached hydrogen (secondary N) is 1. The van der Waals surface area contributed by atoms with Crippen molar-refractivity contribution in [3.8, 4) is 0 Å². The van der Waals surface area contributed by atoms with Crippen molar-refractivity contribution in [1.29, 1.82) is 0 Å². The van der Waals surface area contributed by atoms with Crippen LogP contribution < -0.4 is 5.32 Å². The molecule has 1 atom stereocenters. The minimum atomic E-state index is -0.00227. The third-order valence-electron chi connectivity index (χ3n) is 1.93. The van der Waals surface area contributed by atoms with Crippen LogP contribution in [0.15, 0.2) is 17.6 Å². The van der Waals surface area contributed by atoms with Gasteiger partial charge in [0.1, 0.15) is 0 Å². The fourth-order valence-corrected chi connectivity index (χ4v) is 1.97. The summed E-state index contributed by atoms with van der Waals surface area (Å²) in [6.45, 7) is 2.44. The number of thioether (sulfide) groups is 1. The van der Waals surface area contributed by atoms with E-state index in [1.165, 1.54) is 11.8 Å². The van der Waals surface area contributed by atoms with E-state index in [-0.39, 0.29) is 11.9 Å². The number of hydrogen-bond acceptors (Lipinski definition) is 4. The molecule has 0 saturated heterocycles.